The molecule has 7 heteroatoms. The van der Waals surface area contributed by atoms with E-state index in [4.69, 9.17) is 0 Å². The van der Waals surface area contributed by atoms with Crippen LogP contribution in [0.5, 0.6) is 0 Å². The van der Waals surface area contributed by atoms with Gasteiger partial charge in [0.15, 0.2) is 0 Å². The van der Waals surface area contributed by atoms with Crippen LogP contribution in [-0.4, -0.2) is 63.2 Å². The van der Waals surface area contributed by atoms with Crippen LogP contribution < -0.4 is 0 Å². The lowest BCUT2D eigenvalue weighted by molar-refractivity contribution is -0.149. The van der Waals surface area contributed by atoms with E-state index < -0.39 is 17.3 Å². The molecule has 4 rings (SSSR count). The summed E-state index contributed by atoms with van der Waals surface area (Å²) >= 11 is 0. The number of rotatable bonds is 6. The molecule has 2 aliphatic heterocycles. The molecule has 3 aliphatic rings. The molecule has 0 radical (unpaired) electrons. The summed E-state index contributed by atoms with van der Waals surface area (Å²) in [5.74, 6) is -0.705. The van der Waals surface area contributed by atoms with Gasteiger partial charge in [0.25, 0.3) is 0 Å². The van der Waals surface area contributed by atoms with Crippen LogP contribution in [0.4, 0.5) is 0 Å². The van der Waals surface area contributed by atoms with Gasteiger partial charge in [-0.3, -0.25) is 19.6 Å². The Hall–Kier alpha value is -1.89. The average molecular weight is 374 g/mol. The Labute approximate surface area is 160 Å². The zero-order chi connectivity index (χ0) is 19.0. The summed E-state index contributed by atoms with van der Waals surface area (Å²) in [5, 5.41) is 17.4. The van der Waals surface area contributed by atoms with Crippen LogP contribution in [0.1, 0.15) is 62.6 Å². The Morgan fingerprint density at radius 3 is 2.78 bits per heavy atom. The molecular weight excluding hydrogens is 344 g/mol. The highest BCUT2D eigenvalue weighted by Crippen LogP contribution is 2.44. The van der Waals surface area contributed by atoms with E-state index in [-0.39, 0.29) is 5.91 Å². The quantitative estimate of drug-likeness (QED) is 0.797. The van der Waals surface area contributed by atoms with Gasteiger partial charge in [-0.15, -0.1) is 0 Å². The van der Waals surface area contributed by atoms with Gasteiger partial charge in [0.05, 0.1) is 12.1 Å². The van der Waals surface area contributed by atoms with E-state index in [2.05, 4.69) is 15.1 Å². The summed E-state index contributed by atoms with van der Waals surface area (Å²) in [6.45, 7) is 4.66. The van der Waals surface area contributed by atoms with Crippen molar-refractivity contribution in [1.29, 1.82) is 0 Å². The minimum Gasteiger partial charge on any atom is -0.481 e. The first kappa shape index (κ1) is 18.5. The standard InChI is InChI=1S/C20H30N4O3/c1-2-8-24-13-20(19(26)27)12-23(11-16(20)18(24)25)10-15-9-21-22-17(15)14-6-4-3-5-7-14/h9,14,16H,2-8,10-13H2,1H3,(H,21,22)(H,26,27)/t16-,20-/m1/s1. The number of nitrogens with one attached hydrogen (secondary N) is 1. The van der Waals surface area contributed by atoms with Crippen LogP contribution >= 0.6 is 0 Å². The van der Waals surface area contributed by atoms with Gasteiger partial charge in [-0.1, -0.05) is 26.2 Å². The van der Waals surface area contributed by atoms with Crippen LogP contribution in [0.3, 0.4) is 0 Å². The van der Waals surface area contributed by atoms with Gasteiger partial charge in [0, 0.05) is 49.9 Å². The normalized spacial score (nSPS) is 29.4. The van der Waals surface area contributed by atoms with Gasteiger partial charge in [0.1, 0.15) is 5.41 Å². The molecule has 7 nitrogen and oxygen atoms in total. The third-order valence-electron chi connectivity index (χ3n) is 6.77. The van der Waals surface area contributed by atoms with Crippen molar-refractivity contribution in [2.75, 3.05) is 26.2 Å². The monoisotopic (exact) mass is 374 g/mol. The first-order valence-electron chi connectivity index (χ1n) is 10.3. The molecule has 0 spiro atoms. The van der Waals surface area contributed by atoms with Crippen molar-refractivity contribution in [2.45, 2.75) is 57.9 Å². The SMILES string of the molecule is CCCN1C[C@]2(C(=O)O)CN(Cc3cn[nH]c3C3CCCCC3)C[C@@H]2C1=O. The van der Waals surface area contributed by atoms with Crippen LogP contribution in [0, 0.1) is 11.3 Å². The van der Waals surface area contributed by atoms with Gasteiger partial charge < -0.3 is 10.0 Å². The molecule has 3 fully saturated rings. The average Bonchev–Trinajstić information content (AvgIpc) is 3.33. The predicted molar refractivity (Wildman–Crippen MR) is 100 cm³/mol. The molecule has 1 aromatic heterocycles. The van der Waals surface area contributed by atoms with E-state index in [1.807, 2.05) is 13.1 Å². The molecule has 148 valence electrons. The molecule has 2 N–H and O–H groups in total. The summed E-state index contributed by atoms with van der Waals surface area (Å²) < 4.78 is 0. The van der Waals surface area contributed by atoms with Crippen molar-refractivity contribution in [3.8, 4) is 0 Å². The molecule has 1 amide bonds. The van der Waals surface area contributed by atoms with Gasteiger partial charge in [-0.2, -0.15) is 5.10 Å². The molecule has 3 heterocycles. The number of carboxylic acids is 1. The van der Waals surface area contributed by atoms with Crippen LogP contribution in [-0.2, 0) is 16.1 Å². The highest BCUT2D eigenvalue weighted by molar-refractivity contribution is 5.92. The topological polar surface area (TPSA) is 89.5 Å². The van der Waals surface area contributed by atoms with Gasteiger partial charge >= 0.3 is 5.97 Å². The Kier molecular flexibility index (Phi) is 4.97. The van der Waals surface area contributed by atoms with Gasteiger partial charge in [-0.05, 0) is 19.3 Å². The van der Waals surface area contributed by atoms with E-state index in [1.165, 1.54) is 43.4 Å². The number of aromatic nitrogens is 2. The summed E-state index contributed by atoms with van der Waals surface area (Å²) in [6, 6.07) is 0. The van der Waals surface area contributed by atoms with Crippen LogP contribution in [0.2, 0.25) is 0 Å². The third-order valence-corrected chi connectivity index (χ3v) is 6.77. The Bertz CT molecular complexity index is 712. The number of hydrogen-bond acceptors (Lipinski definition) is 4. The fourth-order valence-corrected chi connectivity index (χ4v) is 5.42. The van der Waals surface area contributed by atoms with E-state index in [0.29, 0.717) is 38.6 Å². The Morgan fingerprint density at radius 2 is 2.11 bits per heavy atom. The van der Waals surface area contributed by atoms with Crippen LogP contribution in [0.25, 0.3) is 0 Å². The highest BCUT2D eigenvalue weighted by Gasteiger charge is 2.61. The molecular formula is C20H30N4O3. The number of amides is 1. The van der Waals surface area contributed by atoms with Crippen molar-refractivity contribution in [2.24, 2.45) is 11.3 Å². The second kappa shape index (κ2) is 7.26. The number of carbonyl (C=O) groups excluding carboxylic acids is 1. The first-order valence-corrected chi connectivity index (χ1v) is 10.3. The molecule has 27 heavy (non-hydrogen) atoms. The van der Waals surface area contributed by atoms with Gasteiger partial charge in [-0.25, -0.2) is 0 Å². The van der Waals surface area contributed by atoms with Crippen molar-refractivity contribution in [1.82, 2.24) is 20.0 Å². The number of aromatic amines is 1. The minimum atomic E-state index is -0.957. The first-order chi connectivity index (χ1) is 13.0. The van der Waals surface area contributed by atoms with Crippen LogP contribution in [0.15, 0.2) is 6.20 Å². The fourth-order valence-electron chi connectivity index (χ4n) is 5.42. The lowest BCUT2D eigenvalue weighted by atomic mass is 9.81. The van der Waals surface area contributed by atoms with E-state index in [1.54, 1.807) is 4.90 Å². The maximum atomic E-state index is 12.8. The maximum Gasteiger partial charge on any atom is 0.313 e. The van der Waals surface area contributed by atoms with Crippen molar-refractivity contribution >= 4 is 11.9 Å². The number of carbonyl (C=O) groups is 2. The lowest BCUT2D eigenvalue weighted by Gasteiger charge is -2.26. The number of aliphatic carboxylic acids is 1. The molecule has 1 saturated carbocycles. The third kappa shape index (κ3) is 3.16. The van der Waals surface area contributed by atoms with Crippen molar-refractivity contribution in [3.05, 3.63) is 17.5 Å². The van der Waals surface area contributed by atoms with E-state index in [9.17, 15) is 14.7 Å². The van der Waals surface area contributed by atoms with E-state index in [0.717, 1.165) is 6.42 Å². The zero-order valence-electron chi connectivity index (χ0n) is 16.1. The summed E-state index contributed by atoms with van der Waals surface area (Å²) in [7, 11) is 0. The molecule has 0 bridgehead atoms. The number of hydrogen-bond donors (Lipinski definition) is 2. The summed E-state index contributed by atoms with van der Waals surface area (Å²) in [5.41, 5.74) is 1.43. The van der Waals surface area contributed by atoms with E-state index >= 15 is 0 Å². The molecule has 1 aromatic rings. The largest absolute Gasteiger partial charge is 0.481 e. The molecule has 0 unspecified atom stereocenters. The fraction of sp³-hybridized carbons (Fsp3) is 0.750. The number of nitrogens with zero attached hydrogens (tertiary/aromatic N) is 3. The van der Waals surface area contributed by atoms with Crippen molar-refractivity contribution in [3.63, 3.8) is 0 Å². The molecule has 2 saturated heterocycles. The maximum absolute atomic E-state index is 12.8. The molecule has 1 aliphatic carbocycles. The summed E-state index contributed by atoms with van der Waals surface area (Å²) in [4.78, 5) is 28.8. The molecule has 0 aromatic carbocycles. The summed E-state index contributed by atoms with van der Waals surface area (Å²) in [6.07, 6.45) is 8.97. The minimum absolute atomic E-state index is 0.0152. The lowest BCUT2D eigenvalue weighted by Crippen LogP contribution is -2.41. The number of carboxylic acid groups (broad SMARTS) is 1. The highest BCUT2D eigenvalue weighted by atomic mass is 16.4. The second-order valence-electron chi connectivity index (χ2n) is 8.59. The number of likely N-dealkylation sites (tertiary alicyclic amines) is 2. The van der Waals surface area contributed by atoms with Gasteiger partial charge in [0.2, 0.25) is 5.91 Å². The Balaban J connectivity index is 1.49. The number of H-pyrrole nitrogens is 1. The Morgan fingerprint density at radius 1 is 1.33 bits per heavy atom. The zero-order valence-corrected chi connectivity index (χ0v) is 16.1. The predicted octanol–water partition coefficient (Wildman–Crippen LogP) is 2.21. The molecule has 2 atom stereocenters. The van der Waals surface area contributed by atoms with Crippen molar-refractivity contribution < 1.29 is 14.7 Å². The smallest absolute Gasteiger partial charge is 0.313 e. The second-order valence-corrected chi connectivity index (χ2v) is 8.59. The number of fused-ring (bicyclic) bond motifs is 1.